The Hall–Kier alpha value is -0.900. The molecule has 0 radical (unpaired) electrons. The topological polar surface area (TPSA) is 38.5 Å². The zero-order chi connectivity index (χ0) is 15.1. The fourth-order valence-corrected chi connectivity index (χ4v) is 3.57. The summed E-state index contributed by atoms with van der Waals surface area (Å²) in [6, 6.07) is 11.5. The van der Waals surface area contributed by atoms with Crippen molar-refractivity contribution in [3.8, 4) is 0 Å². The highest BCUT2D eigenvalue weighted by atomic mass is 16.5. The van der Waals surface area contributed by atoms with E-state index in [1.807, 2.05) is 0 Å². The molecule has 1 fully saturated rings. The maximum atomic E-state index is 6.01. The van der Waals surface area contributed by atoms with Crippen molar-refractivity contribution < 1.29 is 4.74 Å². The van der Waals surface area contributed by atoms with Crippen LogP contribution in [0.25, 0.3) is 0 Å². The van der Waals surface area contributed by atoms with Crippen LogP contribution in [0.15, 0.2) is 30.3 Å². The number of likely N-dealkylation sites (N-methyl/N-ethyl adjacent to an activating group) is 1. The van der Waals surface area contributed by atoms with Crippen LogP contribution in [-0.4, -0.2) is 44.3 Å². The van der Waals surface area contributed by atoms with Crippen molar-refractivity contribution >= 4 is 0 Å². The molecule has 1 saturated carbocycles. The molecule has 0 spiro atoms. The fraction of sp³-hybridized carbons (Fsp3) is 0.667. The van der Waals surface area contributed by atoms with Crippen LogP contribution in [-0.2, 0) is 4.74 Å². The molecule has 2 N–H and O–H groups in total. The third-order valence-corrected chi connectivity index (χ3v) is 4.89. The largest absolute Gasteiger partial charge is 0.380 e. The molecule has 1 aromatic carbocycles. The summed E-state index contributed by atoms with van der Waals surface area (Å²) in [5.41, 5.74) is 7.50. The Bertz CT molecular complexity index is 395. The van der Waals surface area contributed by atoms with Crippen LogP contribution in [0.2, 0.25) is 0 Å². The van der Waals surface area contributed by atoms with Gasteiger partial charge in [0.25, 0.3) is 0 Å². The van der Waals surface area contributed by atoms with Gasteiger partial charge in [-0.2, -0.15) is 0 Å². The molecule has 0 bridgehead atoms. The summed E-state index contributed by atoms with van der Waals surface area (Å²) in [5, 5.41) is 0. The molecule has 3 heteroatoms. The van der Waals surface area contributed by atoms with Crippen molar-refractivity contribution in [1.29, 1.82) is 0 Å². The van der Waals surface area contributed by atoms with Gasteiger partial charge in [-0.25, -0.2) is 0 Å². The molecule has 2 rings (SSSR count). The van der Waals surface area contributed by atoms with E-state index in [0.29, 0.717) is 17.9 Å². The lowest BCUT2D eigenvalue weighted by molar-refractivity contribution is 0.0730. The van der Waals surface area contributed by atoms with Crippen LogP contribution in [0.4, 0.5) is 0 Å². The first kappa shape index (κ1) is 16.5. The average Bonchev–Trinajstić information content (AvgIpc) is 2.55. The van der Waals surface area contributed by atoms with Crippen LogP contribution in [0.5, 0.6) is 0 Å². The van der Waals surface area contributed by atoms with Crippen molar-refractivity contribution in [3.05, 3.63) is 35.9 Å². The van der Waals surface area contributed by atoms with Gasteiger partial charge in [-0.1, -0.05) is 30.3 Å². The maximum Gasteiger partial charge on any atom is 0.0593 e. The lowest BCUT2D eigenvalue weighted by Crippen LogP contribution is -2.45. The van der Waals surface area contributed by atoms with Crippen LogP contribution in [0, 0.1) is 5.92 Å². The molecular weight excluding hydrogens is 260 g/mol. The van der Waals surface area contributed by atoms with E-state index >= 15 is 0 Å². The molecule has 1 aliphatic carbocycles. The van der Waals surface area contributed by atoms with Gasteiger partial charge in [0, 0.05) is 19.2 Å². The van der Waals surface area contributed by atoms with E-state index in [-0.39, 0.29) is 0 Å². The molecule has 1 aliphatic rings. The Morgan fingerprint density at radius 2 is 2.00 bits per heavy atom. The van der Waals surface area contributed by atoms with E-state index in [4.69, 9.17) is 10.5 Å². The molecule has 3 atom stereocenters. The minimum absolute atomic E-state index is 0.578. The predicted molar refractivity (Wildman–Crippen MR) is 88.5 cm³/mol. The van der Waals surface area contributed by atoms with Crippen molar-refractivity contribution in [2.75, 3.05) is 33.4 Å². The molecule has 0 aliphatic heterocycles. The summed E-state index contributed by atoms with van der Waals surface area (Å²) in [5.74, 6) is 1.30. The smallest absolute Gasteiger partial charge is 0.0593 e. The second kappa shape index (κ2) is 8.52. The lowest BCUT2D eigenvalue weighted by Gasteiger charge is -2.41. The highest BCUT2D eigenvalue weighted by Gasteiger charge is 2.32. The Labute approximate surface area is 129 Å². The van der Waals surface area contributed by atoms with Crippen LogP contribution in [0.3, 0.4) is 0 Å². The molecule has 0 heterocycles. The summed E-state index contributed by atoms with van der Waals surface area (Å²) in [6.45, 7) is 5.46. The molecule has 3 nitrogen and oxygen atoms in total. The highest BCUT2D eigenvalue weighted by molar-refractivity contribution is 5.20. The van der Waals surface area contributed by atoms with E-state index < -0.39 is 0 Å². The summed E-state index contributed by atoms with van der Waals surface area (Å²) in [6.07, 6.45) is 3.72. The van der Waals surface area contributed by atoms with Gasteiger partial charge in [0.2, 0.25) is 0 Å². The molecule has 0 aromatic heterocycles. The summed E-state index contributed by atoms with van der Waals surface area (Å²) in [7, 11) is 2.22. The normalized spacial score (nSPS) is 26.2. The summed E-state index contributed by atoms with van der Waals surface area (Å²) in [4.78, 5) is 2.46. The van der Waals surface area contributed by atoms with E-state index in [9.17, 15) is 0 Å². The fourth-order valence-electron chi connectivity index (χ4n) is 3.57. The van der Waals surface area contributed by atoms with Gasteiger partial charge >= 0.3 is 0 Å². The van der Waals surface area contributed by atoms with Gasteiger partial charge < -0.3 is 15.4 Å². The van der Waals surface area contributed by atoms with Crippen molar-refractivity contribution in [2.24, 2.45) is 11.7 Å². The number of nitrogens with zero attached hydrogens (tertiary/aromatic N) is 1. The summed E-state index contributed by atoms with van der Waals surface area (Å²) < 4.78 is 5.50. The predicted octanol–water partition coefficient (Wildman–Crippen LogP) is 2.87. The zero-order valence-corrected chi connectivity index (χ0v) is 13.5. The quantitative estimate of drug-likeness (QED) is 0.785. The lowest BCUT2D eigenvalue weighted by atomic mass is 9.75. The van der Waals surface area contributed by atoms with Gasteiger partial charge in [0.1, 0.15) is 0 Å². The Balaban J connectivity index is 1.98. The molecule has 1 aromatic rings. The number of hydrogen-bond acceptors (Lipinski definition) is 3. The first-order valence-electron chi connectivity index (χ1n) is 8.29. The Morgan fingerprint density at radius 1 is 1.24 bits per heavy atom. The molecule has 0 amide bonds. The SMILES string of the molecule is CCOCCN(C)C1CC(c2ccccc2)CCC1CN. The molecule has 3 unspecified atom stereocenters. The number of ether oxygens (including phenoxy) is 1. The first-order valence-corrected chi connectivity index (χ1v) is 8.29. The molecule has 21 heavy (non-hydrogen) atoms. The van der Waals surface area contributed by atoms with E-state index in [1.54, 1.807) is 0 Å². The monoisotopic (exact) mass is 290 g/mol. The van der Waals surface area contributed by atoms with Crippen LogP contribution < -0.4 is 5.73 Å². The van der Waals surface area contributed by atoms with Crippen molar-refractivity contribution in [2.45, 2.75) is 38.1 Å². The molecule has 118 valence electrons. The Morgan fingerprint density at radius 3 is 2.67 bits per heavy atom. The van der Waals surface area contributed by atoms with Gasteiger partial charge in [0.15, 0.2) is 0 Å². The number of benzene rings is 1. The molecular formula is C18H30N2O. The third-order valence-electron chi connectivity index (χ3n) is 4.89. The average molecular weight is 290 g/mol. The first-order chi connectivity index (χ1) is 10.3. The van der Waals surface area contributed by atoms with Crippen LogP contribution in [0.1, 0.15) is 37.7 Å². The van der Waals surface area contributed by atoms with Crippen molar-refractivity contribution in [3.63, 3.8) is 0 Å². The highest BCUT2D eigenvalue weighted by Crippen LogP contribution is 2.37. The number of hydrogen-bond donors (Lipinski definition) is 1. The minimum Gasteiger partial charge on any atom is -0.380 e. The van der Waals surface area contributed by atoms with Gasteiger partial charge in [-0.15, -0.1) is 0 Å². The second-order valence-corrected chi connectivity index (χ2v) is 6.16. The Kier molecular flexibility index (Phi) is 6.68. The van der Waals surface area contributed by atoms with E-state index in [0.717, 1.165) is 26.3 Å². The van der Waals surface area contributed by atoms with Gasteiger partial charge in [-0.05, 0) is 57.2 Å². The van der Waals surface area contributed by atoms with Crippen molar-refractivity contribution in [1.82, 2.24) is 4.90 Å². The number of rotatable bonds is 7. The molecule has 0 saturated heterocycles. The third kappa shape index (κ3) is 4.53. The minimum atomic E-state index is 0.578. The van der Waals surface area contributed by atoms with Crippen LogP contribution >= 0.6 is 0 Å². The van der Waals surface area contributed by atoms with Gasteiger partial charge in [0.05, 0.1) is 6.61 Å². The van der Waals surface area contributed by atoms with E-state index in [2.05, 4.69) is 49.2 Å². The zero-order valence-electron chi connectivity index (χ0n) is 13.5. The second-order valence-electron chi connectivity index (χ2n) is 6.16. The van der Waals surface area contributed by atoms with E-state index in [1.165, 1.54) is 24.8 Å². The van der Waals surface area contributed by atoms with Gasteiger partial charge in [-0.3, -0.25) is 0 Å². The standard InChI is InChI=1S/C18H30N2O/c1-3-21-12-11-20(2)18-13-16(9-10-17(18)14-19)15-7-5-4-6-8-15/h4-8,16-18H,3,9-14,19H2,1-2H3. The number of nitrogens with two attached hydrogens (primary N) is 1. The summed E-state index contributed by atoms with van der Waals surface area (Å²) >= 11 is 0. The maximum absolute atomic E-state index is 6.01.